The zero-order valence-corrected chi connectivity index (χ0v) is 12.6. The number of piperazine rings is 1. The summed E-state index contributed by atoms with van der Waals surface area (Å²) in [4.78, 5) is 25.6. The summed E-state index contributed by atoms with van der Waals surface area (Å²) >= 11 is 0. The Bertz CT molecular complexity index is 351. The van der Waals surface area contributed by atoms with Crippen LogP contribution in [0.1, 0.15) is 46.0 Å². The molecule has 114 valence electrons. The standard InChI is InChI=1S/C15H26N2O3/c1-11(2)14-15(19)16-10-13(18)17(14)8-9-20-12-6-4-3-5-7-12/h11-12,14H,3-10H2,1-2H3,(H,16,19). The van der Waals surface area contributed by atoms with Gasteiger partial charge in [0, 0.05) is 6.54 Å². The van der Waals surface area contributed by atoms with Crippen molar-refractivity contribution in [2.75, 3.05) is 19.7 Å². The van der Waals surface area contributed by atoms with E-state index in [0.29, 0.717) is 19.3 Å². The van der Waals surface area contributed by atoms with Crippen molar-refractivity contribution in [1.29, 1.82) is 0 Å². The molecule has 1 unspecified atom stereocenters. The topological polar surface area (TPSA) is 58.6 Å². The fraction of sp³-hybridized carbons (Fsp3) is 0.867. The van der Waals surface area contributed by atoms with Crippen LogP contribution in [-0.4, -0.2) is 48.6 Å². The molecule has 1 heterocycles. The molecule has 1 saturated heterocycles. The second-order valence-electron chi connectivity index (χ2n) is 6.12. The van der Waals surface area contributed by atoms with Gasteiger partial charge in [0.25, 0.3) is 0 Å². The average molecular weight is 282 g/mol. The van der Waals surface area contributed by atoms with Crippen LogP contribution >= 0.6 is 0 Å². The molecule has 2 rings (SSSR count). The average Bonchev–Trinajstić information content (AvgIpc) is 2.43. The Hall–Kier alpha value is -1.10. The molecule has 0 aromatic rings. The van der Waals surface area contributed by atoms with Crippen LogP contribution < -0.4 is 5.32 Å². The summed E-state index contributed by atoms with van der Waals surface area (Å²) in [5.74, 6) is 0.0711. The second-order valence-corrected chi connectivity index (χ2v) is 6.12. The quantitative estimate of drug-likeness (QED) is 0.827. The number of rotatable bonds is 5. The highest BCUT2D eigenvalue weighted by Gasteiger charge is 2.36. The zero-order chi connectivity index (χ0) is 14.5. The van der Waals surface area contributed by atoms with Crippen molar-refractivity contribution in [2.45, 2.75) is 58.1 Å². The number of ether oxygens (including phenoxy) is 1. The minimum absolute atomic E-state index is 0.00413. The van der Waals surface area contributed by atoms with E-state index in [-0.39, 0.29) is 30.3 Å². The molecule has 5 heteroatoms. The van der Waals surface area contributed by atoms with Crippen molar-refractivity contribution in [3.63, 3.8) is 0 Å². The van der Waals surface area contributed by atoms with Gasteiger partial charge in [-0.2, -0.15) is 0 Å². The fourth-order valence-corrected chi connectivity index (χ4v) is 3.14. The Labute approximate surface area is 121 Å². The third kappa shape index (κ3) is 3.72. The van der Waals surface area contributed by atoms with Crippen molar-refractivity contribution in [1.82, 2.24) is 10.2 Å². The monoisotopic (exact) mass is 282 g/mol. The summed E-state index contributed by atoms with van der Waals surface area (Å²) in [5.41, 5.74) is 0. The predicted molar refractivity (Wildman–Crippen MR) is 76.2 cm³/mol. The SMILES string of the molecule is CC(C)C1C(=O)NCC(=O)N1CCOC1CCCCC1. The number of hydrogen-bond acceptors (Lipinski definition) is 3. The third-order valence-corrected chi connectivity index (χ3v) is 4.21. The van der Waals surface area contributed by atoms with E-state index in [9.17, 15) is 9.59 Å². The highest BCUT2D eigenvalue weighted by atomic mass is 16.5. The summed E-state index contributed by atoms with van der Waals surface area (Å²) in [5, 5.41) is 2.66. The van der Waals surface area contributed by atoms with Gasteiger partial charge >= 0.3 is 0 Å². The molecule has 0 radical (unpaired) electrons. The van der Waals surface area contributed by atoms with Gasteiger partial charge in [0.2, 0.25) is 11.8 Å². The largest absolute Gasteiger partial charge is 0.376 e. The maximum absolute atomic E-state index is 12.0. The van der Waals surface area contributed by atoms with E-state index in [4.69, 9.17) is 4.74 Å². The number of carbonyl (C=O) groups excluding carboxylic acids is 2. The maximum Gasteiger partial charge on any atom is 0.243 e. The second kappa shape index (κ2) is 7.07. The molecule has 0 spiro atoms. The number of carbonyl (C=O) groups is 2. The Morgan fingerprint density at radius 1 is 1.25 bits per heavy atom. The van der Waals surface area contributed by atoms with Gasteiger partial charge in [-0.3, -0.25) is 9.59 Å². The first-order chi connectivity index (χ1) is 9.59. The van der Waals surface area contributed by atoms with Gasteiger partial charge in [-0.05, 0) is 18.8 Å². The lowest BCUT2D eigenvalue weighted by molar-refractivity contribution is -0.148. The summed E-state index contributed by atoms with van der Waals surface area (Å²) in [7, 11) is 0. The van der Waals surface area contributed by atoms with Gasteiger partial charge in [0.1, 0.15) is 6.04 Å². The molecule has 0 aromatic carbocycles. The Morgan fingerprint density at radius 3 is 2.60 bits per heavy atom. The van der Waals surface area contributed by atoms with Crippen LogP contribution in [0.3, 0.4) is 0 Å². The smallest absolute Gasteiger partial charge is 0.243 e. The van der Waals surface area contributed by atoms with Crippen LogP contribution in [0.2, 0.25) is 0 Å². The van der Waals surface area contributed by atoms with Crippen molar-refractivity contribution in [3.8, 4) is 0 Å². The van der Waals surface area contributed by atoms with Crippen molar-refractivity contribution < 1.29 is 14.3 Å². The van der Waals surface area contributed by atoms with E-state index >= 15 is 0 Å². The molecule has 20 heavy (non-hydrogen) atoms. The molecule has 0 aromatic heterocycles. The van der Waals surface area contributed by atoms with E-state index in [0.717, 1.165) is 12.8 Å². The lowest BCUT2D eigenvalue weighted by Gasteiger charge is -2.37. The van der Waals surface area contributed by atoms with Gasteiger partial charge in [-0.1, -0.05) is 33.1 Å². The minimum Gasteiger partial charge on any atom is -0.376 e. The van der Waals surface area contributed by atoms with E-state index < -0.39 is 0 Å². The van der Waals surface area contributed by atoms with E-state index in [1.165, 1.54) is 19.3 Å². The Kier molecular flexibility index (Phi) is 5.40. The van der Waals surface area contributed by atoms with Crippen LogP contribution in [0.15, 0.2) is 0 Å². The van der Waals surface area contributed by atoms with E-state index in [1.807, 2.05) is 13.8 Å². The molecule has 1 saturated carbocycles. The predicted octanol–water partition coefficient (Wildman–Crippen LogP) is 1.32. The van der Waals surface area contributed by atoms with Crippen LogP contribution in [0.5, 0.6) is 0 Å². The Morgan fingerprint density at radius 2 is 1.95 bits per heavy atom. The van der Waals surface area contributed by atoms with E-state index in [2.05, 4.69) is 5.32 Å². The van der Waals surface area contributed by atoms with Gasteiger partial charge in [0.05, 0.1) is 19.3 Å². The maximum atomic E-state index is 12.0. The van der Waals surface area contributed by atoms with Crippen LogP contribution in [0, 0.1) is 5.92 Å². The third-order valence-electron chi connectivity index (χ3n) is 4.21. The lowest BCUT2D eigenvalue weighted by atomic mass is 9.98. The molecule has 1 aliphatic heterocycles. The van der Waals surface area contributed by atoms with Crippen LogP contribution in [0.4, 0.5) is 0 Å². The first-order valence-corrected chi connectivity index (χ1v) is 7.78. The number of hydrogen-bond donors (Lipinski definition) is 1. The molecule has 2 amide bonds. The van der Waals surface area contributed by atoms with E-state index in [1.54, 1.807) is 4.90 Å². The van der Waals surface area contributed by atoms with Gasteiger partial charge in [-0.25, -0.2) is 0 Å². The molecular formula is C15H26N2O3. The molecule has 2 aliphatic rings. The molecule has 1 aliphatic carbocycles. The molecule has 0 bridgehead atoms. The molecule has 1 N–H and O–H groups in total. The van der Waals surface area contributed by atoms with Crippen LogP contribution in [0.25, 0.3) is 0 Å². The van der Waals surface area contributed by atoms with Gasteiger partial charge in [0.15, 0.2) is 0 Å². The first-order valence-electron chi connectivity index (χ1n) is 7.78. The highest BCUT2D eigenvalue weighted by molar-refractivity contribution is 5.94. The normalized spacial score (nSPS) is 25.1. The summed E-state index contributed by atoms with van der Waals surface area (Å²) in [6.07, 6.45) is 6.38. The number of amides is 2. The summed E-state index contributed by atoms with van der Waals surface area (Å²) in [6.45, 7) is 5.11. The fourth-order valence-electron chi connectivity index (χ4n) is 3.14. The number of nitrogens with zero attached hydrogens (tertiary/aromatic N) is 1. The first kappa shape index (κ1) is 15.3. The molecule has 1 atom stereocenters. The summed E-state index contributed by atoms with van der Waals surface area (Å²) in [6, 6.07) is -0.355. The Balaban J connectivity index is 1.84. The highest BCUT2D eigenvalue weighted by Crippen LogP contribution is 2.20. The molecule has 5 nitrogen and oxygen atoms in total. The summed E-state index contributed by atoms with van der Waals surface area (Å²) < 4.78 is 5.87. The molecular weight excluding hydrogens is 256 g/mol. The molecule has 2 fully saturated rings. The van der Waals surface area contributed by atoms with Crippen molar-refractivity contribution >= 4 is 11.8 Å². The number of nitrogens with one attached hydrogen (secondary N) is 1. The van der Waals surface area contributed by atoms with Gasteiger partial charge < -0.3 is 15.0 Å². The van der Waals surface area contributed by atoms with Crippen LogP contribution in [-0.2, 0) is 14.3 Å². The van der Waals surface area contributed by atoms with Crippen molar-refractivity contribution in [2.24, 2.45) is 5.92 Å². The van der Waals surface area contributed by atoms with Gasteiger partial charge in [-0.15, -0.1) is 0 Å². The lowest BCUT2D eigenvalue weighted by Crippen LogP contribution is -2.60. The zero-order valence-electron chi connectivity index (χ0n) is 12.6. The minimum atomic E-state index is -0.355. The van der Waals surface area contributed by atoms with Crippen molar-refractivity contribution in [3.05, 3.63) is 0 Å².